The summed E-state index contributed by atoms with van der Waals surface area (Å²) in [6.45, 7) is 6.51. The molecular formula is C38H30N4. The second kappa shape index (κ2) is 9.42. The van der Waals surface area contributed by atoms with Crippen molar-refractivity contribution in [3.05, 3.63) is 131 Å². The van der Waals surface area contributed by atoms with E-state index in [9.17, 15) is 0 Å². The molecule has 202 valence electrons. The molecule has 0 spiro atoms. The van der Waals surface area contributed by atoms with Crippen molar-refractivity contribution in [2.75, 3.05) is 0 Å². The first-order valence-corrected chi connectivity index (χ1v) is 14.5. The number of hydrogen-bond acceptors (Lipinski definition) is 2. The summed E-state index contributed by atoms with van der Waals surface area (Å²) in [5, 5.41) is 4.77. The summed E-state index contributed by atoms with van der Waals surface area (Å²) < 4.78 is 0. The number of hydrogen-bond donors (Lipinski definition) is 2. The number of para-hydroxylation sites is 3. The Labute approximate surface area is 244 Å². The van der Waals surface area contributed by atoms with Crippen LogP contribution in [0.3, 0.4) is 0 Å². The minimum Gasteiger partial charge on any atom is -0.360 e. The van der Waals surface area contributed by atoms with Crippen molar-refractivity contribution in [1.82, 2.24) is 19.9 Å². The molecule has 0 aliphatic carbocycles. The first-order valence-electron chi connectivity index (χ1n) is 14.5. The van der Waals surface area contributed by atoms with Crippen LogP contribution in [-0.4, -0.2) is 19.9 Å². The maximum Gasteiger partial charge on any atom is 0.0741 e. The van der Waals surface area contributed by atoms with E-state index >= 15 is 0 Å². The molecule has 0 amide bonds. The number of nitrogens with zero attached hydrogens (tertiary/aromatic N) is 2. The first-order chi connectivity index (χ1) is 20.5. The van der Waals surface area contributed by atoms with E-state index in [4.69, 9.17) is 9.97 Å². The average molecular weight is 543 g/mol. The summed E-state index contributed by atoms with van der Waals surface area (Å²) >= 11 is 0. The molecule has 0 atom stereocenters. The lowest BCUT2D eigenvalue weighted by molar-refractivity contribution is 1.17. The van der Waals surface area contributed by atoms with Crippen LogP contribution >= 0.6 is 0 Å². The Balaban J connectivity index is 1.19. The van der Waals surface area contributed by atoms with Gasteiger partial charge >= 0.3 is 0 Å². The number of nitrogens with one attached hydrogen (secondary N) is 2. The predicted molar refractivity (Wildman–Crippen MR) is 175 cm³/mol. The van der Waals surface area contributed by atoms with E-state index in [0.717, 1.165) is 50.9 Å². The van der Waals surface area contributed by atoms with Crippen molar-refractivity contribution < 1.29 is 0 Å². The smallest absolute Gasteiger partial charge is 0.0741 e. The summed E-state index contributed by atoms with van der Waals surface area (Å²) in [7, 11) is 0. The number of rotatable bonds is 4. The maximum atomic E-state index is 5.20. The Morgan fingerprint density at radius 1 is 0.571 bits per heavy atom. The van der Waals surface area contributed by atoms with Crippen LogP contribution in [0, 0.1) is 20.8 Å². The number of benzene rings is 4. The van der Waals surface area contributed by atoms with Crippen molar-refractivity contribution in [2.45, 2.75) is 27.2 Å². The van der Waals surface area contributed by atoms with Gasteiger partial charge in [0.15, 0.2) is 0 Å². The topological polar surface area (TPSA) is 57.4 Å². The van der Waals surface area contributed by atoms with Crippen molar-refractivity contribution in [1.29, 1.82) is 0 Å². The zero-order valence-electron chi connectivity index (χ0n) is 23.9. The Bertz CT molecular complexity index is 2320. The third kappa shape index (κ3) is 3.83. The van der Waals surface area contributed by atoms with Crippen LogP contribution < -0.4 is 0 Å². The van der Waals surface area contributed by atoms with Gasteiger partial charge in [-0.2, -0.15) is 0 Å². The van der Waals surface area contributed by atoms with Crippen LogP contribution in [0.15, 0.2) is 103 Å². The molecule has 0 saturated carbocycles. The van der Waals surface area contributed by atoms with Gasteiger partial charge in [-0.1, -0.05) is 72.8 Å². The Morgan fingerprint density at radius 2 is 1.29 bits per heavy atom. The highest BCUT2D eigenvalue weighted by atomic mass is 14.7. The van der Waals surface area contributed by atoms with Crippen molar-refractivity contribution in [2.24, 2.45) is 0 Å². The second-order valence-corrected chi connectivity index (χ2v) is 11.4. The molecule has 2 N–H and O–H groups in total. The van der Waals surface area contributed by atoms with Gasteiger partial charge in [0.05, 0.1) is 22.4 Å². The summed E-state index contributed by atoms with van der Waals surface area (Å²) in [5.41, 5.74) is 14.9. The number of H-pyrrole nitrogens is 2. The van der Waals surface area contributed by atoms with E-state index in [1.54, 1.807) is 0 Å². The van der Waals surface area contributed by atoms with Crippen LogP contribution in [0.2, 0.25) is 0 Å². The van der Waals surface area contributed by atoms with Gasteiger partial charge in [-0.15, -0.1) is 0 Å². The van der Waals surface area contributed by atoms with Gasteiger partial charge in [0.1, 0.15) is 0 Å². The van der Waals surface area contributed by atoms with Gasteiger partial charge < -0.3 is 9.97 Å². The van der Waals surface area contributed by atoms with Gasteiger partial charge in [0.2, 0.25) is 0 Å². The van der Waals surface area contributed by atoms with E-state index in [1.807, 2.05) is 0 Å². The van der Waals surface area contributed by atoms with Gasteiger partial charge in [-0.25, -0.2) is 9.97 Å². The van der Waals surface area contributed by atoms with Crippen LogP contribution in [0.1, 0.15) is 27.8 Å². The highest BCUT2D eigenvalue weighted by Crippen LogP contribution is 2.34. The van der Waals surface area contributed by atoms with E-state index in [1.165, 1.54) is 49.5 Å². The molecule has 42 heavy (non-hydrogen) atoms. The number of aromatic amines is 2. The van der Waals surface area contributed by atoms with E-state index in [2.05, 4.69) is 134 Å². The van der Waals surface area contributed by atoms with E-state index in [-0.39, 0.29) is 0 Å². The molecule has 8 aromatic rings. The Hall–Kier alpha value is -5.22. The molecule has 0 aliphatic rings. The molecule has 0 fully saturated rings. The van der Waals surface area contributed by atoms with Gasteiger partial charge in [-0.3, -0.25) is 0 Å². The van der Waals surface area contributed by atoms with E-state index < -0.39 is 0 Å². The minimum atomic E-state index is 0.821. The maximum absolute atomic E-state index is 5.20. The molecular weight excluding hydrogens is 512 g/mol. The number of fused-ring (bicyclic) bond motifs is 4. The van der Waals surface area contributed by atoms with Crippen LogP contribution in [0.4, 0.5) is 0 Å². The molecule has 4 heterocycles. The van der Waals surface area contributed by atoms with Gasteiger partial charge in [-0.05, 0) is 73.2 Å². The van der Waals surface area contributed by atoms with Crippen molar-refractivity contribution in [3.63, 3.8) is 0 Å². The summed E-state index contributed by atoms with van der Waals surface area (Å²) in [6.07, 6.45) is 5.01. The quantitative estimate of drug-likeness (QED) is 0.233. The summed E-state index contributed by atoms with van der Waals surface area (Å²) in [5.74, 6) is 0. The Morgan fingerprint density at radius 3 is 2.17 bits per heavy atom. The number of aryl methyl sites for hydroxylation is 3. The van der Waals surface area contributed by atoms with Crippen LogP contribution in [0.25, 0.3) is 66.1 Å². The molecule has 4 nitrogen and oxygen atoms in total. The molecule has 0 radical (unpaired) electrons. The fourth-order valence-corrected chi connectivity index (χ4v) is 6.50. The molecule has 0 aliphatic heterocycles. The second-order valence-electron chi connectivity index (χ2n) is 11.4. The highest BCUT2D eigenvalue weighted by molar-refractivity contribution is 5.99. The molecule has 4 aromatic heterocycles. The molecule has 8 rings (SSSR count). The molecule has 4 aromatic carbocycles. The third-order valence-electron chi connectivity index (χ3n) is 8.81. The van der Waals surface area contributed by atoms with Crippen molar-refractivity contribution >= 4 is 43.6 Å². The lowest BCUT2D eigenvalue weighted by Gasteiger charge is -2.12. The lowest BCUT2D eigenvalue weighted by atomic mass is 9.95. The largest absolute Gasteiger partial charge is 0.360 e. The van der Waals surface area contributed by atoms with E-state index in [0.29, 0.717) is 0 Å². The first kappa shape index (κ1) is 24.6. The Kier molecular flexibility index (Phi) is 5.51. The molecule has 0 bridgehead atoms. The number of aromatic nitrogens is 4. The highest BCUT2D eigenvalue weighted by Gasteiger charge is 2.15. The number of pyridine rings is 2. The average Bonchev–Trinajstić information content (AvgIpc) is 3.65. The zero-order chi connectivity index (χ0) is 28.4. The molecule has 0 saturated heterocycles. The zero-order valence-corrected chi connectivity index (χ0v) is 23.9. The minimum absolute atomic E-state index is 0.821. The van der Waals surface area contributed by atoms with Crippen molar-refractivity contribution in [3.8, 4) is 22.5 Å². The fraction of sp³-hybridized carbons (Fsp3) is 0.105. The standard InChI is InChI=1S/C38H30N4/c1-22-8-6-11-29-31(20-39-36(22)29)34-17-16-25-14-15-26(24(3)37(25)42-34)19-27-9-7-12-30-32(21-40-38(27)30)35-18-23(2)28-10-4-5-13-33(28)41-35/h4-18,20-21,39-40H,19H2,1-3H3. The van der Waals surface area contributed by atoms with Gasteiger partial charge in [0, 0.05) is 56.1 Å². The molecule has 4 heteroatoms. The summed E-state index contributed by atoms with van der Waals surface area (Å²) in [6, 6.07) is 32.3. The fourth-order valence-electron chi connectivity index (χ4n) is 6.50. The van der Waals surface area contributed by atoms with Gasteiger partial charge in [0.25, 0.3) is 0 Å². The predicted octanol–water partition coefficient (Wildman–Crippen LogP) is 9.60. The molecule has 0 unspecified atom stereocenters. The third-order valence-corrected chi connectivity index (χ3v) is 8.81. The SMILES string of the molecule is Cc1cc(-c2c[nH]c3c(Cc4ccc5ccc(-c6c[nH]c7c(C)cccc67)nc5c4C)cccc23)nc2ccccc12. The van der Waals surface area contributed by atoms with Crippen LogP contribution in [0.5, 0.6) is 0 Å². The normalized spacial score (nSPS) is 11.8. The summed E-state index contributed by atoms with van der Waals surface area (Å²) in [4.78, 5) is 17.3. The monoisotopic (exact) mass is 542 g/mol. The van der Waals surface area contributed by atoms with Crippen LogP contribution in [-0.2, 0) is 6.42 Å². The lowest BCUT2D eigenvalue weighted by Crippen LogP contribution is -1.96.